The monoisotopic (exact) mass is 270 g/mol. The molecular weight excluding hydrogens is 248 g/mol. The lowest BCUT2D eigenvalue weighted by atomic mass is 10.1. The Hall–Kier alpha value is -2.03. The van der Waals surface area contributed by atoms with Crippen LogP contribution >= 0.6 is 0 Å². The van der Waals surface area contributed by atoms with E-state index in [-0.39, 0.29) is 5.78 Å². The van der Waals surface area contributed by atoms with Gasteiger partial charge in [-0.3, -0.25) is 4.79 Å². The number of hydrogen-bond acceptors (Lipinski definition) is 2. The first kappa shape index (κ1) is 14.4. The summed E-state index contributed by atoms with van der Waals surface area (Å²) in [5.74, 6) is 0.0566. The molecular formula is C17H22N2O. The van der Waals surface area contributed by atoms with E-state index in [4.69, 9.17) is 0 Å². The minimum absolute atomic E-state index is 0.0566. The van der Waals surface area contributed by atoms with Crippen LogP contribution in [0.1, 0.15) is 23.7 Å². The molecule has 3 nitrogen and oxygen atoms in total. The standard InChI is InChI=1S/C17H22N2O/c1-11-9-15-13(3)14(4)19(6)17(15)10-16(11)18(5)8-7-12(2)20/h7-10H,1-6H3. The van der Waals surface area contributed by atoms with Crippen molar-refractivity contribution >= 4 is 22.4 Å². The van der Waals surface area contributed by atoms with E-state index < -0.39 is 0 Å². The molecule has 3 heteroatoms. The summed E-state index contributed by atoms with van der Waals surface area (Å²) in [5, 5.41) is 1.30. The Labute approximate surface area is 120 Å². The summed E-state index contributed by atoms with van der Waals surface area (Å²) < 4.78 is 2.22. The van der Waals surface area contributed by atoms with Crippen molar-refractivity contribution < 1.29 is 4.79 Å². The lowest BCUT2D eigenvalue weighted by Crippen LogP contribution is -2.10. The number of carbonyl (C=O) groups is 1. The van der Waals surface area contributed by atoms with E-state index in [0.717, 1.165) is 5.69 Å². The SMILES string of the molecule is CC(=O)C=CN(C)c1cc2c(cc1C)c(C)c(C)n2C. The van der Waals surface area contributed by atoms with E-state index in [1.54, 1.807) is 13.0 Å². The zero-order valence-electron chi connectivity index (χ0n) is 13.1. The minimum Gasteiger partial charge on any atom is -0.351 e. The lowest BCUT2D eigenvalue weighted by Gasteiger charge is -2.17. The Balaban J connectivity index is 2.58. The lowest BCUT2D eigenvalue weighted by molar-refractivity contribution is -0.112. The summed E-state index contributed by atoms with van der Waals surface area (Å²) in [6.45, 7) is 7.97. The van der Waals surface area contributed by atoms with Crippen LogP contribution in [0.25, 0.3) is 10.9 Å². The molecule has 0 saturated heterocycles. The predicted octanol–water partition coefficient (Wildman–Crippen LogP) is 3.64. The molecule has 0 N–H and O–H groups in total. The number of anilines is 1. The molecule has 0 spiro atoms. The number of benzene rings is 1. The van der Waals surface area contributed by atoms with E-state index in [2.05, 4.69) is 44.5 Å². The molecule has 106 valence electrons. The van der Waals surface area contributed by atoms with Crippen LogP contribution in [0, 0.1) is 20.8 Å². The van der Waals surface area contributed by atoms with Gasteiger partial charge < -0.3 is 9.47 Å². The highest BCUT2D eigenvalue weighted by Gasteiger charge is 2.12. The van der Waals surface area contributed by atoms with Gasteiger partial charge in [0.25, 0.3) is 0 Å². The summed E-state index contributed by atoms with van der Waals surface area (Å²) in [7, 11) is 4.06. The smallest absolute Gasteiger partial charge is 0.154 e. The third-order valence-corrected chi connectivity index (χ3v) is 4.04. The van der Waals surface area contributed by atoms with Gasteiger partial charge in [0.2, 0.25) is 0 Å². The molecule has 0 aliphatic heterocycles. The van der Waals surface area contributed by atoms with Crippen molar-refractivity contribution in [2.45, 2.75) is 27.7 Å². The Morgan fingerprint density at radius 1 is 1.25 bits per heavy atom. The van der Waals surface area contributed by atoms with Crippen molar-refractivity contribution in [2.24, 2.45) is 7.05 Å². The van der Waals surface area contributed by atoms with Gasteiger partial charge in [0.15, 0.2) is 5.78 Å². The van der Waals surface area contributed by atoms with Gasteiger partial charge in [-0.05, 0) is 57.0 Å². The number of aromatic nitrogens is 1. The van der Waals surface area contributed by atoms with Crippen LogP contribution in [0.4, 0.5) is 5.69 Å². The van der Waals surface area contributed by atoms with Crippen molar-refractivity contribution in [2.75, 3.05) is 11.9 Å². The van der Waals surface area contributed by atoms with E-state index in [1.807, 2.05) is 18.1 Å². The fourth-order valence-electron chi connectivity index (χ4n) is 2.57. The maximum Gasteiger partial charge on any atom is 0.154 e. The van der Waals surface area contributed by atoms with Crippen LogP contribution in [0.15, 0.2) is 24.4 Å². The van der Waals surface area contributed by atoms with Crippen LogP contribution in [0.5, 0.6) is 0 Å². The molecule has 1 heterocycles. The Bertz CT molecular complexity index is 708. The molecule has 0 fully saturated rings. The summed E-state index contributed by atoms with van der Waals surface area (Å²) in [6, 6.07) is 4.42. The van der Waals surface area contributed by atoms with Gasteiger partial charge in [-0.2, -0.15) is 0 Å². The van der Waals surface area contributed by atoms with Crippen molar-refractivity contribution in [3.63, 3.8) is 0 Å². The van der Waals surface area contributed by atoms with Gasteiger partial charge in [0.1, 0.15) is 0 Å². The maximum absolute atomic E-state index is 11.1. The molecule has 0 aliphatic rings. The second-order valence-corrected chi connectivity index (χ2v) is 5.46. The number of rotatable bonds is 3. The summed E-state index contributed by atoms with van der Waals surface area (Å²) in [5.41, 5.74) is 6.18. The molecule has 1 aromatic heterocycles. The molecule has 0 radical (unpaired) electrons. The van der Waals surface area contributed by atoms with Gasteiger partial charge in [-0.15, -0.1) is 0 Å². The first-order valence-electron chi connectivity index (χ1n) is 6.80. The number of allylic oxidation sites excluding steroid dienone is 1. The number of carbonyl (C=O) groups excluding carboxylic acids is 1. The fourth-order valence-corrected chi connectivity index (χ4v) is 2.57. The Morgan fingerprint density at radius 2 is 1.90 bits per heavy atom. The Kier molecular flexibility index (Phi) is 3.71. The highest BCUT2D eigenvalue weighted by atomic mass is 16.1. The highest BCUT2D eigenvalue weighted by molar-refractivity contribution is 5.90. The molecule has 0 bridgehead atoms. The van der Waals surface area contributed by atoms with Gasteiger partial charge in [0.05, 0.1) is 5.52 Å². The normalized spacial score (nSPS) is 11.5. The second-order valence-electron chi connectivity index (χ2n) is 5.46. The maximum atomic E-state index is 11.1. The van der Waals surface area contributed by atoms with E-state index in [1.165, 1.54) is 27.7 Å². The van der Waals surface area contributed by atoms with Crippen LogP contribution in [0.3, 0.4) is 0 Å². The fraction of sp³-hybridized carbons (Fsp3) is 0.353. The van der Waals surface area contributed by atoms with Gasteiger partial charge in [-0.1, -0.05) is 0 Å². The third-order valence-electron chi connectivity index (χ3n) is 4.04. The number of hydrogen-bond donors (Lipinski definition) is 0. The summed E-state index contributed by atoms with van der Waals surface area (Å²) >= 11 is 0. The first-order valence-corrected chi connectivity index (χ1v) is 6.80. The quantitative estimate of drug-likeness (QED) is 0.796. The van der Waals surface area contributed by atoms with Gasteiger partial charge >= 0.3 is 0 Å². The molecule has 0 saturated carbocycles. The van der Waals surface area contributed by atoms with Crippen LogP contribution in [-0.2, 0) is 11.8 Å². The first-order chi connectivity index (χ1) is 9.32. The topological polar surface area (TPSA) is 25.2 Å². The van der Waals surface area contributed by atoms with E-state index in [0.29, 0.717) is 0 Å². The van der Waals surface area contributed by atoms with Crippen molar-refractivity contribution in [1.29, 1.82) is 0 Å². The Morgan fingerprint density at radius 3 is 2.50 bits per heavy atom. The van der Waals surface area contributed by atoms with Gasteiger partial charge in [0, 0.05) is 37.1 Å². The van der Waals surface area contributed by atoms with Crippen molar-refractivity contribution in [3.8, 4) is 0 Å². The minimum atomic E-state index is 0.0566. The van der Waals surface area contributed by atoms with Crippen molar-refractivity contribution in [1.82, 2.24) is 4.57 Å². The zero-order chi connectivity index (χ0) is 15.0. The molecule has 2 aromatic rings. The number of ketones is 1. The zero-order valence-corrected chi connectivity index (χ0v) is 13.1. The largest absolute Gasteiger partial charge is 0.351 e. The highest BCUT2D eigenvalue weighted by Crippen LogP contribution is 2.31. The predicted molar refractivity (Wildman–Crippen MR) is 85.4 cm³/mol. The van der Waals surface area contributed by atoms with Crippen LogP contribution < -0.4 is 4.90 Å². The van der Waals surface area contributed by atoms with Crippen LogP contribution in [-0.4, -0.2) is 17.4 Å². The molecule has 0 unspecified atom stereocenters. The molecule has 0 aliphatic carbocycles. The number of fused-ring (bicyclic) bond motifs is 1. The van der Waals surface area contributed by atoms with Crippen LogP contribution in [0.2, 0.25) is 0 Å². The summed E-state index contributed by atoms with van der Waals surface area (Å²) in [4.78, 5) is 13.1. The second kappa shape index (κ2) is 5.16. The molecule has 0 atom stereocenters. The molecule has 1 aromatic carbocycles. The van der Waals surface area contributed by atoms with Gasteiger partial charge in [-0.25, -0.2) is 0 Å². The molecule has 20 heavy (non-hydrogen) atoms. The molecule has 2 rings (SSSR count). The van der Waals surface area contributed by atoms with E-state index in [9.17, 15) is 4.79 Å². The number of aryl methyl sites for hydroxylation is 3. The third kappa shape index (κ3) is 2.36. The average Bonchev–Trinajstić information content (AvgIpc) is 2.60. The number of nitrogens with zero attached hydrogens (tertiary/aromatic N) is 2. The average molecular weight is 270 g/mol. The molecule has 0 amide bonds. The van der Waals surface area contributed by atoms with E-state index >= 15 is 0 Å². The van der Waals surface area contributed by atoms with Crippen molar-refractivity contribution in [3.05, 3.63) is 41.2 Å². The summed E-state index contributed by atoms with van der Waals surface area (Å²) in [6.07, 6.45) is 3.41.